The molecule has 5 N–H and O–H groups in total. The van der Waals surface area contributed by atoms with Gasteiger partial charge in [0.1, 0.15) is 29.6 Å². The molecule has 0 atom stereocenters. The van der Waals surface area contributed by atoms with Gasteiger partial charge in [-0.3, -0.25) is 29.6 Å². The van der Waals surface area contributed by atoms with E-state index in [0.29, 0.717) is 60.2 Å². The lowest BCUT2D eigenvalue weighted by Crippen LogP contribution is -2.38. The van der Waals surface area contributed by atoms with Gasteiger partial charge in [0.15, 0.2) is 11.4 Å². The van der Waals surface area contributed by atoms with Gasteiger partial charge in [-0.15, -0.1) is 0 Å². The molecule has 7 aromatic rings. The van der Waals surface area contributed by atoms with Crippen LogP contribution >= 0.6 is 0 Å². The number of likely N-dealkylation sites (tertiary alicyclic amines) is 2. The second-order valence-electron chi connectivity index (χ2n) is 16.9. The molecule has 2 amide bonds. The summed E-state index contributed by atoms with van der Waals surface area (Å²) in [5.74, 6) is 3.23. The van der Waals surface area contributed by atoms with E-state index >= 15 is 0 Å². The van der Waals surface area contributed by atoms with Crippen LogP contribution in [0.2, 0.25) is 0 Å². The van der Waals surface area contributed by atoms with Crippen molar-refractivity contribution in [2.75, 3.05) is 53.5 Å². The monoisotopic (exact) mass is 878 g/mol. The molecule has 2 aromatic heterocycles. The van der Waals surface area contributed by atoms with Crippen LogP contribution in [-0.4, -0.2) is 101 Å². The number of phenols is 1. The predicted molar refractivity (Wildman–Crippen MR) is 251 cm³/mol. The van der Waals surface area contributed by atoms with Gasteiger partial charge >= 0.3 is 0 Å². The molecule has 5 aromatic carbocycles. The summed E-state index contributed by atoms with van der Waals surface area (Å²) in [7, 11) is 3.22. The SMILES string of the molecule is COc1ccc2[nH]nc(C(=O)NCC3CCN(Cc4ccc(O)cc4)CC3)c2c1.COc1ccc2[nH]nc(C(=O)NCC3CCN(Cc4ccc(OCc5ccccc5)cc4)CC3)c2c1. The fraction of sp³-hybridized carbons (Fsp3) is 0.333. The maximum absolute atomic E-state index is 12.8. The number of H-pyrrole nitrogens is 2. The van der Waals surface area contributed by atoms with Gasteiger partial charge in [0, 0.05) is 37.0 Å². The molecule has 0 unspecified atom stereocenters. The second kappa shape index (κ2) is 21.7. The number of carbonyl (C=O) groups excluding carboxylic acids is 2. The van der Waals surface area contributed by atoms with E-state index in [9.17, 15) is 14.7 Å². The van der Waals surface area contributed by atoms with Gasteiger partial charge < -0.3 is 30.0 Å². The fourth-order valence-corrected chi connectivity index (χ4v) is 8.47. The number of hydrogen-bond acceptors (Lipinski definition) is 10. The Morgan fingerprint density at radius 3 is 1.51 bits per heavy atom. The number of fused-ring (bicyclic) bond motifs is 2. The molecule has 0 spiro atoms. The first-order chi connectivity index (χ1) is 31.8. The first-order valence-electron chi connectivity index (χ1n) is 22.4. The lowest BCUT2D eigenvalue weighted by molar-refractivity contribution is 0.0924. The topological polar surface area (TPSA) is 170 Å². The molecule has 0 radical (unpaired) electrons. The number of phenolic OH excluding ortho intramolecular Hbond substituents is 1. The number of methoxy groups -OCH3 is 2. The summed E-state index contributed by atoms with van der Waals surface area (Å²) in [5.41, 5.74) is 6.12. The van der Waals surface area contributed by atoms with E-state index in [0.717, 1.165) is 92.5 Å². The smallest absolute Gasteiger partial charge is 0.272 e. The third-order valence-corrected chi connectivity index (χ3v) is 12.4. The Morgan fingerprint density at radius 2 is 1.05 bits per heavy atom. The Morgan fingerprint density at radius 1 is 0.600 bits per heavy atom. The molecule has 2 saturated heterocycles. The number of aromatic amines is 2. The second-order valence-corrected chi connectivity index (χ2v) is 16.9. The normalized spacial score (nSPS) is 15.0. The summed E-state index contributed by atoms with van der Waals surface area (Å²) in [5, 5.41) is 31.3. The molecule has 65 heavy (non-hydrogen) atoms. The zero-order valence-corrected chi connectivity index (χ0v) is 37.1. The number of aromatic hydroxyl groups is 1. The average molecular weight is 879 g/mol. The zero-order valence-electron chi connectivity index (χ0n) is 37.1. The minimum absolute atomic E-state index is 0.147. The van der Waals surface area contributed by atoms with Crippen LogP contribution in [0.5, 0.6) is 23.0 Å². The van der Waals surface area contributed by atoms with Crippen LogP contribution in [0, 0.1) is 11.8 Å². The predicted octanol–water partition coefficient (Wildman–Crippen LogP) is 7.71. The highest BCUT2D eigenvalue weighted by molar-refractivity contribution is 6.05. The van der Waals surface area contributed by atoms with E-state index in [1.807, 2.05) is 66.7 Å². The van der Waals surface area contributed by atoms with Gasteiger partial charge in [0.25, 0.3) is 11.8 Å². The number of rotatable bonds is 15. The molecular weight excluding hydrogens is 821 g/mol. The van der Waals surface area contributed by atoms with E-state index in [2.05, 4.69) is 77.2 Å². The van der Waals surface area contributed by atoms with Crippen LogP contribution in [0.1, 0.15) is 63.4 Å². The van der Waals surface area contributed by atoms with Crippen molar-refractivity contribution in [1.29, 1.82) is 0 Å². The molecule has 338 valence electrons. The van der Waals surface area contributed by atoms with Gasteiger partial charge in [-0.25, -0.2) is 0 Å². The lowest BCUT2D eigenvalue weighted by Gasteiger charge is -2.32. The number of carbonyl (C=O) groups is 2. The third-order valence-electron chi connectivity index (χ3n) is 12.4. The van der Waals surface area contributed by atoms with E-state index < -0.39 is 0 Å². The van der Waals surface area contributed by atoms with Crippen LogP contribution in [0.25, 0.3) is 21.8 Å². The first-order valence-corrected chi connectivity index (χ1v) is 22.4. The number of benzene rings is 5. The van der Waals surface area contributed by atoms with Gasteiger partial charge in [0.05, 0.1) is 25.3 Å². The standard InChI is InChI=1S/C29H32N4O3.C22H26N4O3/c1-35-25-11-12-27-26(17-25)28(32-31-27)29(34)30-18-21-13-15-33(16-14-21)19-22-7-9-24(10-8-22)36-20-23-5-3-2-4-6-23;1-29-18-6-7-20-19(12-18)21(25-24-20)22(28)23-13-15-8-10-26(11-9-15)14-16-2-4-17(27)5-3-16/h2-12,17,21H,13-16,18-20H2,1H3,(H,30,34)(H,31,32);2-7,12,15,27H,8-11,13-14H2,1H3,(H,23,28)(H,24,25). The van der Waals surface area contributed by atoms with Crippen molar-refractivity contribution in [1.82, 2.24) is 40.8 Å². The van der Waals surface area contributed by atoms with Crippen molar-refractivity contribution >= 4 is 33.6 Å². The van der Waals surface area contributed by atoms with Gasteiger partial charge in [-0.1, -0.05) is 54.6 Å². The molecule has 4 heterocycles. The Bertz CT molecular complexity index is 2620. The summed E-state index contributed by atoms with van der Waals surface area (Å²) < 4.78 is 16.4. The van der Waals surface area contributed by atoms with Gasteiger partial charge in [-0.2, -0.15) is 10.2 Å². The highest BCUT2D eigenvalue weighted by Gasteiger charge is 2.23. The lowest BCUT2D eigenvalue weighted by atomic mass is 9.96. The van der Waals surface area contributed by atoms with Crippen molar-refractivity contribution in [3.63, 3.8) is 0 Å². The number of piperidine rings is 2. The molecule has 2 aliphatic heterocycles. The molecule has 2 fully saturated rings. The van der Waals surface area contributed by atoms with Crippen LogP contribution in [0.15, 0.2) is 115 Å². The fourth-order valence-electron chi connectivity index (χ4n) is 8.47. The zero-order chi connectivity index (χ0) is 45.0. The Balaban J connectivity index is 0.000000181. The molecule has 2 aliphatic rings. The summed E-state index contributed by atoms with van der Waals surface area (Å²) in [6.07, 6.45) is 4.22. The first kappa shape index (κ1) is 44.7. The van der Waals surface area contributed by atoms with Crippen molar-refractivity contribution in [3.05, 3.63) is 143 Å². The number of nitrogens with zero attached hydrogens (tertiary/aromatic N) is 4. The minimum atomic E-state index is -0.156. The van der Waals surface area contributed by atoms with Crippen LogP contribution in [-0.2, 0) is 19.7 Å². The Labute approximate surface area is 379 Å². The van der Waals surface area contributed by atoms with Gasteiger partial charge in [0.2, 0.25) is 0 Å². The highest BCUT2D eigenvalue weighted by Crippen LogP contribution is 2.25. The summed E-state index contributed by atoms with van der Waals surface area (Å²) in [6.45, 7) is 7.77. The molecule has 0 bridgehead atoms. The van der Waals surface area contributed by atoms with Crippen molar-refractivity contribution in [2.24, 2.45) is 11.8 Å². The van der Waals surface area contributed by atoms with Crippen molar-refractivity contribution in [2.45, 2.75) is 45.4 Å². The molecular formula is C51H58N8O6. The maximum atomic E-state index is 12.8. The third kappa shape index (κ3) is 12.0. The van der Waals surface area contributed by atoms with E-state index in [1.54, 1.807) is 26.4 Å². The quantitative estimate of drug-likeness (QED) is 0.0688. The summed E-state index contributed by atoms with van der Waals surface area (Å²) in [4.78, 5) is 30.3. The summed E-state index contributed by atoms with van der Waals surface area (Å²) >= 11 is 0. The minimum Gasteiger partial charge on any atom is -0.508 e. The molecule has 0 aliphatic carbocycles. The number of ether oxygens (including phenoxy) is 3. The largest absolute Gasteiger partial charge is 0.508 e. The number of aromatic nitrogens is 4. The van der Waals surface area contributed by atoms with Gasteiger partial charge in [-0.05, 0) is 141 Å². The number of nitrogens with one attached hydrogen (secondary N) is 4. The highest BCUT2D eigenvalue weighted by atomic mass is 16.5. The molecule has 14 nitrogen and oxygen atoms in total. The summed E-state index contributed by atoms with van der Waals surface area (Å²) in [6, 6.07) is 37.1. The van der Waals surface area contributed by atoms with Crippen LogP contribution in [0.3, 0.4) is 0 Å². The number of amides is 2. The van der Waals surface area contributed by atoms with Crippen LogP contribution in [0.4, 0.5) is 0 Å². The molecule has 9 rings (SSSR count). The maximum Gasteiger partial charge on any atom is 0.272 e. The molecule has 0 saturated carbocycles. The van der Waals surface area contributed by atoms with E-state index in [-0.39, 0.29) is 11.8 Å². The van der Waals surface area contributed by atoms with E-state index in [4.69, 9.17) is 14.2 Å². The molecule has 14 heteroatoms. The van der Waals surface area contributed by atoms with E-state index in [1.165, 1.54) is 16.7 Å². The number of hydrogen-bond donors (Lipinski definition) is 5. The van der Waals surface area contributed by atoms with Crippen LogP contribution < -0.4 is 24.8 Å². The average Bonchev–Trinajstić information content (AvgIpc) is 3.99. The Hall–Kier alpha value is -6.90. The van der Waals surface area contributed by atoms with Crippen molar-refractivity contribution < 1.29 is 28.9 Å². The Kier molecular flexibility index (Phi) is 14.9. The van der Waals surface area contributed by atoms with Crippen molar-refractivity contribution in [3.8, 4) is 23.0 Å².